The second-order valence-electron chi connectivity index (χ2n) is 4.49. The quantitative estimate of drug-likeness (QED) is 0.699. The van der Waals surface area contributed by atoms with Gasteiger partial charge >= 0.3 is 0 Å². The number of ether oxygens (including phenoxy) is 1. The number of hydrogen-bond acceptors (Lipinski definition) is 6. The zero-order valence-corrected chi connectivity index (χ0v) is 13.4. The zero-order valence-electron chi connectivity index (χ0n) is 11.8. The maximum Gasteiger partial charge on any atom is 0.262 e. The normalized spacial score (nSPS) is 16.8. The van der Waals surface area contributed by atoms with Crippen LogP contribution >= 0.6 is 11.3 Å². The Labute approximate surface area is 128 Å². The maximum atomic E-state index is 12.6. The van der Waals surface area contributed by atoms with E-state index in [0.29, 0.717) is 39.4 Å². The molecule has 1 aromatic rings. The van der Waals surface area contributed by atoms with E-state index in [1.165, 1.54) is 10.4 Å². The second-order valence-corrected chi connectivity index (χ2v) is 7.31. The van der Waals surface area contributed by atoms with Crippen LogP contribution < -0.4 is 10.6 Å². The largest absolute Gasteiger partial charge is 0.379 e. The highest BCUT2D eigenvalue weighted by molar-refractivity contribution is 7.89. The van der Waals surface area contributed by atoms with Gasteiger partial charge < -0.3 is 15.4 Å². The number of amides is 1. The van der Waals surface area contributed by atoms with Crippen LogP contribution in [0.1, 0.15) is 9.67 Å². The summed E-state index contributed by atoms with van der Waals surface area (Å²) >= 11 is 1.14. The number of carbonyl (C=O) groups excluding carboxylic acids is 1. The average Bonchev–Trinajstić information content (AvgIpc) is 2.98. The molecule has 1 aromatic heterocycles. The van der Waals surface area contributed by atoms with Crippen molar-refractivity contribution in [3.8, 4) is 0 Å². The van der Waals surface area contributed by atoms with Crippen molar-refractivity contribution in [2.45, 2.75) is 4.90 Å². The van der Waals surface area contributed by atoms with Crippen LogP contribution in [0.15, 0.2) is 16.3 Å². The lowest BCUT2D eigenvalue weighted by Crippen LogP contribution is -2.41. The van der Waals surface area contributed by atoms with Gasteiger partial charge in [0.25, 0.3) is 5.91 Å². The van der Waals surface area contributed by atoms with Gasteiger partial charge in [-0.2, -0.15) is 4.31 Å². The fourth-order valence-electron chi connectivity index (χ4n) is 1.97. The Balaban J connectivity index is 2.16. The van der Waals surface area contributed by atoms with E-state index >= 15 is 0 Å². The molecule has 0 bridgehead atoms. The van der Waals surface area contributed by atoms with Gasteiger partial charge in [0.2, 0.25) is 10.0 Å². The van der Waals surface area contributed by atoms with Crippen LogP contribution in [0.4, 0.5) is 0 Å². The van der Waals surface area contributed by atoms with Gasteiger partial charge in [0, 0.05) is 26.2 Å². The van der Waals surface area contributed by atoms with Gasteiger partial charge in [0.15, 0.2) is 0 Å². The molecule has 0 aliphatic carbocycles. The molecule has 7 nitrogen and oxygen atoms in total. The highest BCUT2D eigenvalue weighted by atomic mass is 32.2. The smallest absolute Gasteiger partial charge is 0.262 e. The van der Waals surface area contributed by atoms with Crippen LogP contribution in [0.3, 0.4) is 0 Å². The standard InChI is InChI=1S/C12H19N3O4S2/c1-13-3-4-14-12(16)11-10(2-9-20-11)21(17,18)15-5-7-19-8-6-15/h2,9,13H,3-8H2,1H3,(H,14,16). The molecule has 1 amide bonds. The van der Waals surface area contributed by atoms with E-state index in [1.54, 1.807) is 12.4 Å². The zero-order chi connectivity index (χ0) is 15.3. The van der Waals surface area contributed by atoms with Crippen LogP contribution in [0, 0.1) is 0 Å². The van der Waals surface area contributed by atoms with E-state index in [2.05, 4.69) is 10.6 Å². The first-order chi connectivity index (χ1) is 10.1. The Bertz CT molecular complexity index is 579. The number of nitrogens with one attached hydrogen (secondary N) is 2. The van der Waals surface area contributed by atoms with Gasteiger partial charge in [-0.3, -0.25) is 4.79 Å². The molecule has 9 heteroatoms. The van der Waals surface area contributed by atoms with Crippen molar-refractivity contribution in [2.24, 2.45) is 0 Å². The molecule has 21 heavy (non-hydrogen) atoms. The van der Waals surface area contributed by atoms with E-state index in [1.807, 2.05) is 0 Å². The van der Waals surface area contributed by atoms with Gasteiger partial charge in [-0.15, -0.1) is 11.3 Å². The van der Waals surface area contributed by atoms with Crippen molar-refractivity contribution in [1.82, 2.24) is 14.9 Å². The Morgan fingerprint density at radius 3 is 2.76 bits per heavy atom. The summed E-state index contributed by atoms with van der Waals surface area (Å²) in [4.78, 5) is 12.4. The molecule has 2 rings (SSSR count). The molecule has 0 aromatic carbocycles. The number of carbonyl (C=O) groups is 1. The molecule has 2 heterocycles. The number of hydrogen-bond donors (Lipinski definition) is 2. The van der Waals surface area contributed by atoms with Crippen molar-refractivity contribution in [2.75, 3.05) is 46.4 Å². The number of morpholine rings is 1. The molecule has 118 valence electrons. The lowest BCUT2D eigenvalue weighted by molar-refractivity contribution is 0.0730. The van der Waals surface area contributed by atoms with Gasteiger partial charge in [0.1, 0.15) is 9.77 Å². The third-order valence-corrected chi connectivity index (χ3v) is 6.07. The van der Waals surface area contributed by atoms with Crippen molar-refractivity contribution < 1.29 is 17.9 Å². The van der Waals surface area contributed by atoms with Crippen molar-refractivity contribution in [3.63, 3.8) is 0 Å². The summed E-state index contributed by atoms with van der Waals surface area (Å²) in [6, 6.07) is 1.49. The molecule has 1 aliphatic heterocycles. The first kappa shape index (κ1) is 16.4. The highest BCUT2D eigenvalue weighted by Crippen LogP contribution is 2.25. The Kier molecular flexibility index (Phi) is 5.71. The maximum absolute atomic E-state index is 12.6. The van der Waals surface area contributed by atoms with Crippen LogP contribution in [0.2, 0.25) is 0 Å². The minimum atomic E-state index is -3.64. The highest BCUT2D eigenvalue weighted by Gasteiger charge is 2.31. The van der Waals surface area contributed by atoms with E-state index in [0.717, 1.165) is 11.3 Å². The average molecular weight is 333 g/mol. The minimum Gasteiger partial charge on any atom is -0.379 e. The summed E-state index contributed by atoms with van der Waals surface area (Å²) in [6.45, 7) is 2.48. The summed E-state index contributed by atoms with van der Waals surface area (Å²) in [6.07, 6.45) is 0. The van der Waals surface area contributed by atoms with E-state index in [-0.39, 0.29) is 15.7 Å². The lowest BCUT2D eigenvalue weighted by Gasteiger charge is -2.26. The van der Waals surface area contributed by atoms with Gasteiger partial charge in [0.05, 0.1) is 13.2 Å². The molecule has 0 radical (unpaired) electrons. The van der Waals surface area contributed by atoms with E-state index in [4.69, 9.17) is 4.74 Å². The Morgan fingerprint density at radius 1 is 1.38 bits per heavy atom. The SMILES string of the molecule is CNCCNC(=O)c1sccc1S(=O)(=O)N1CCOCC1. The summed E-state index contributed by atoms with van der Waals surface area (Å²) in [5.41, 5.74) is 0. The van der Waals surface area contributed by atoms with Crippen LogP contribution in [-0.4, -0.2) is 65.1 Å². The van der Waals surface area contributed by atoms with Crippen LogP contribution in [0.25, 0.3) is 0 Å². The number of likely N-dealkylation sites (N-methyl/N-ethyl adjacent to an activating group) is 1. The first-order valence-electron chi connectivity index (χ1n) is 6.65. The van der Waals surface area contributed by atoms with Gasteiger partial charge in [-0.1, -0.05) is 0 Å². The number of rotatable bonds is 6. The van der Waals surface area contributed by atoms with Crippen molar-refractivity contribution >= 4 is 27.3 Å². The fraction of sp³-hybridized carbons (Fsp3) is 0.583. The fourth-order valence-corrected chi connectivity index (χ4v) is 4.70. The molecular formula is C12H19N3O4S2. The summed E-state index contributed by atoms with van der Waals surface area (Å²) in [5.74, 6) is -0.355. The monoisotopic (exact) mass is 333 g/mol. The Hall–Kier alpha value is -1.00. The predicted molar refractivity (Wildman–Crippen MR) is 80.2 cm³/mol. The van der Waals surface area contributed by atoms with Crippen LogP contribution in [-0.2, 0) is 14.8 Å². The van der Waals surface area contributed by atoms with Crippen molar-refractivity contribution in [3.05, 3.63) is 16.3 Å². The summed E-state index contributed by atoms with van der Waals surface area (Å²) < 4.78 is 31.7. The molecule has 2 N–H and O–H groups in total. The lowest BCUT2D eigenvalue weighted by atomic mass is 10.4. The molecule has 0 saturated carbocycles. The van der Waals surface area contributed by atoms with Gasteiger partial charge in [-0.25, -0.2) is 8.42 Å². The van der Waals surface area contributed by atoms with E-state index in [9.17, 15) is 13.2 Å². The third-order valence-electron chi connectivity index (χ3n) is 3.08. The van der Waals surface area contributed by atoms with Gasteiger partial charge in [-0.05, 0) is 18.5 Å². The first-order valence-corrected chi connectivity index (χ1v) is 8.97. The number of thiophene rings is 1. The second kappa shape index (κ2) is 7.32. The molecular weight excluding hydrogens is 314 g/mol. The minimum absolute atomic E-state index is 0.0800. The summed E-state index contributed by atoms with van der Waals surface area (Å²) in [7, 11) is -1.85. The molecule has 1 fully saturated rings. The molecule has 0 unspecified atom stereocenters. The number of sulfonamides is 1. The Morgan fingerprint density at radius 2 is 2.10 bits per heavy atom. The predicted octanol–water partition coefficient (Wildman–Crippen LogP) is -0.282. The third kappa shape index (κ3) is 3.80. The number of nitrogens with zero attached hydrogens (tertiary/aromatic N) is 1. The molecule has 1 aliphatic rings. The molecule has 0 spiro atoms. The summed E-state index contributed by atoms with van der Waals surface area (Å²) in [5, 5.41) is 7.24. The molecule has 0 atom stereocenters. The van der Waals surface area contributed by atoms with Crippen molar-refractivity contribution in [1.29, 1.82) is 0 Å². The van der Waals surface area contributed by atoms with Crippen LogP contribution in [0.5, 0.6) is 0 Å². The topological polar surface area (TPSA) is 87.7 Å². The molecule has 1 saturated heterocycles. The van der Waals surface area contributed by atoms with E-state index < -0.39 is 10.0 Å².